The number of anilines is 1. The van der Waals surface area contributed by atoms with Crippen LogP contribution in [0.4, 0.5) is 5.69 Å². The largest absolute Gasteiger partial charge is 0.368 e. The Balaban J connectivity index is 1.25. The number of nitrogens with zero attached hydrogens (tertiary/aromatic N) is 4. The highest BCUT2D eigenvalue weighted by molar-refractivity contribution is 7.15. The smallest absolute Gasteiger partial charge is 0.244 e. The topological polar surface area (TPSA) is 70.0 Å². The number of aromatic nitrogens is 2. The Morgan fingerprint density at radius 1 is 1.13 bits per heavy atom. The summed E-state index contributed by atoms with van der Waals surface area (Å²) < 4.78 is 1.81. The molecule has 2 aromatic heterocycles. The van der Waals surface area contributed by atoms with Crippen LogP contribution in [0.5, 0.6) is 0 Å². The van der Waals surface area contributed by atoms with Gasteiger partial charge in [0.15, 0.2) is 10.1 Å². The first-order valence-electron chi connectivity index (χ1n) is 9.36. The Labute approximate surface area is 187 Å². The molecule has 0 radical (unpaired) electrons. The molecular weight excluding hydrogens is 445 g/mol. The summed E-state index contributed by atoms with van der Waals surface area (Å²) >= 11 is 13.5. The maximum absolute atomic E-state index is 12.4. The molecule has 1 saturated heterocycles. The molecule has 10 heteroatoms. The fourth-order valence-corrected chi connectivity index (χ4v) is 4.41. The Bertz CT molecular complexity index is 1080. The van der Waals surface area contributed by atoms with Crippen LogP contribution in [0.3, 0.4) is 0 Å². The Hall–Kier alpha value is -2.55. The summed E-state index contributed by atoms with van der Waals surface area (Å²) in [4.78, 5) is 33.5. The van der Waals surface area contributed by atoms with Crippen LogP contribution in [0.25, 0.3) is 11.0 Å². The van der Waals surface area contributed by atoms with E-state index >= 15 is 0 Å². The molecule has 1 N–H and O–H groups in total. The van der Waals surface area contributed by atoms with E-state index in [2.05, 4.69) is 15.2 Å². The first-order valence-corrected chi connectivity index (χ1v) is 11.0. The number of hydrogen-bond donors (Lipinski definition) is 1. The summed E-state index contributed by atoms with van der Waals surface area (Å²) in [7, 11) is 0. The minimum absolute atomic E-state index is 0.0435. The van der Waals surface area contributed by atoms with Gasteiger partial charge in [0, 0.05) is 54.5 Å². The molecule has 1 aliphatic heterocycles. The maximum Gasteiger partial charge on any atom is 0.244 e. The SMILES string of the molecule is O=C(/C=C/c1c(Cl)nc2sccn12)NCC(=O)N1CCN(c2ccc(Cl)cc2)CC1. The van der Waals surface area contributed by atoms with Crippen molar-refractivity contribution in [3.05, 3.63) is 57.8 Å². The second-order valence-electron chi connectivity index (χ2n) is 6.74. The molecule has 7 nitrogen and oxygen atoms in total. The van der Waals surface area contributed by atoms with Gasteiger partial charge in [0.25, 0.3) is 0 Å². The molecular formula is C20H19Cl2N5O2S. The molecule has 1 aromatic carbocycles. The zero-order chi connectivity index (χ0) is 21.1. The molecule has 0 spiro atoms. The van der Waals surface area contributed by atoms with Crippen molar-refractivity contribution in [3.8, 4) is 0 Å². The number of halogens is 2. The zero-order valence-corrected chi connectivity index (χ0v) is 18.3. The summed E-state index contributed by atoms with van der Waals surface area (Å²) in [6, 6.07) is 7.67. The lowest BCUT2D eigenvalue weighted by molar-refractivity contribution is -0.132. The number of imidazole rings is 1. The van der Waals surface area contributed by atoms with Gasteiger partial charge >= 0.3 is 0 Å². The number of benzene rings is 1. The van der Waals surface area contributed by atoms with E-state index in [0.717, 1.165) is 23.7 Å². The van der Waals surface area contributed by atoms with E-state index < -0.39 is 0 Å². The average molecular weight is 464 g/mol. The fourth-order valence-electron chi connectivity index (χ4n) is 3.28. The number of thiazole rings is 1. The van der Waals surface area contributed by atoms with Crippen LogP contribution in [-0.2, 0) is 9.59 Å². The normalized spacial score (nSPS) is 14.6. The highest BCUT2D eigenvalue weighted by atomic mass is 35.5. The highest BCUT2D eigenvalue weighted by Gasteiger charge is 2.21. The molecule has 156 valence electrons. The zero-order valence-electron chi connectivity index (χ0n) is 15.9. The van der Waals surface area contributed by atoms with Gasteiger partial charge in [-0.1, -0.05) is 23.2 Å². The van der Waals surface area contributed by atoms with E-state index in [-0.39, 0.29) is 18.4 Å². The van der Waals surface area contributed by atoms with Crippen molar-refractivity contribution < 1.29 is 9.59 Å². The second-order valence-corrected chi connectivity index (χ2v) is 8.41. The summed E-state index contributed by atoms with van der Waals surface area (Å²) in [6.45, 7) is 2.64. The van der Waals surface area contributed by atoms with Crippen LogP contribution in [-0.4, -0.2) is 58.8 Å². The van der Waals surface area contributed by atoms with E-state index in [1.165, 1.54) is 17.4 Å². The predicted octanol–water partition coefficient (Wildman–Crippen LogP) is 3.18. The van der Waals surface area contributed by atoms with Gasteiger partial charge in [-0.2, -0.15) is 0 Å². The predicted molar refractivity (Wildman–Crippen MR) is 120 cm³/mol. The Morgan fingerprint density at radius 2 is 1.87 bits per heavy atom. The third kappa shape index (κ3) is 4.61. The van der Waals surface area contributed by atoms with Crippen molar-refractivity contribution in [3.63, 3.8) is 0 Å². The summed E-state index contributed by atoms with van der Waals surface area (Å²) in [5, 5.41) is 5.56. The molecule has 0 aliphatic carbocycles. The number of amides is 2. The number of carbonyl (C=O) groups excluding carboxylic acids is 2. The molecule has 0 bridgehead atoms. The van der Waals surface area contributed by atoms with Gasteiger partial charge in [-0.25, -0.2) is 4.98 Å². The number of nitrogens with one attached hydrogen (secondary N) is 1. The van der Waals surface area contributed by atoms with Crippen molar-refractivity contribution in [1.29, 1.82) is 0 Å². The van der Waals surface area contributed by atoms with Gasteiger partial charge in [0.1, 0.15) is 0 Å². The van der Waals surface area contributed by atoms with Crippen molar-refractivity contribution in [2.24, 2.45) is 0 Å². The Morgan fingerprint density at radius 3 is 2.60 bits per heavy atom. The van der Waals surface area contributed by atoms with Crippen LogP contribution >= 0.6 is 34.5 Å². The average Bonchev–Trinajstić information content (AvgIpc) is 3.32. The summed E-state index contributed by atoms with van der Waals surface area (Å²) in [5.74, 6) is -0.459. The van der Waals surface area contributed by atoms with Crippen LogP contribution in [0.15, 0.2) is 41.9 Å². The molecule has 30 heavy (non-hydrogen) atoms. The van der Waals surface area contributed by atoms with Crippen LogP contribution in [0, 0.1) is 0 Å². The lowest BCUT2D eigenvalue weighted by Gasteiger charge is -2.36. The lowest BCUT2D eigenvalue weighted by atomic mass is 10.2. The van der Waals surface area contributed by atoms with Gasteiger partial charge in [-0.05, 0) is 30.3 Å². The van der Waals surface area contributed by atoms with Gasteiger partial charge in [-0.15, -0.1) is 11.3 Å². The van der Waals surface area contributed by atoms with Gasteiger partial charge in [0.2, 0.25) is 11.8 Å². The van der Waals surface area contributed by atoms with E-state index in [1.807, 2.05) is 40.2 Å². The minimum Gasteiger partial charge on any atom is -0.368 e. The molecule has 4 rings (SSSR count). The highest BCUT2D eigenvalue weighted by Crippen LogP contribution is 2.22. The molecule has 3 aromatic rings. The summed E-state index contributed by atoms with van der Waals surface area (Å²) in [5.41, 5.74) is 1.72. The van der Waals surface area contributed by atoms with Crippen molar-refractivity contribution in [1.82, 2.24) is 19.6 Å². The molecule has 0 unspecified atom stereocenters. The second kappa shape index (κ2) is 9.07. The van der Waals surface area contributed by atoms with E-state index in [9.17, 15) is 9.59 Å². The number of piperazine rings is 1. The molecule has 1 aliphatic rings. The van der Waals surface area contributed by atoms with Crippen LogP contribution in [0.2, 0.25) is 10.2 Å². The van der Waals surface area contributed by atoms with Crippen molar-refractivity contribution in [2.45, 2.75) is 0 Å². The molecule has 0 atom stereocenters. The first kappa shape index (κ1) is 20.7. The molecule has 1 fully saturated rings. The monoisotopic (exact) mass is 463 g/mol. The first-order chi connectivity index (χ1) is 14.5. The van der Waals surface area contributed by atoms with E-state index in [4.69, 9.17) is 23.2 Å². The van der Waals surface area contributed by atoms with Gasteiger partial charge in [0.05, 0.1) is 12.2 Å². The van der Waals surface area contributed by atoms with Crippen LogP contribution in [0.1, 0.15) is 5.69 Å². The quantitative estimate of drug-likeness (QED) is 0.589. The van der Waals surface area contributed by atoms with Gasteiger partial charge < -0.3 is 15.1 Å². The number of fused-ring (bicyclic) bond motifs is 1. The van der Waals surface area contributed by atoms with E-state index in [0.29, 0.717) is 29.0 Å². The minimum atomic E-state index is -0.357. The lowest BCUT2D eigenvalue weighted by Crippen LogP contribution is -2.51. The fraction of sp³-hybridized carbons (Fsp3) is 0.250. The third-order valence-electron chi connectivity index (χ3n) is 4.88. The number of hydrogen-bond acceptors (Lipinski definition) is 5. The summed E-state index contributed by atoms with van der Waals surface area (Å²) in [6.07, 6.45) is 4.79. The number of rotatable bonds is 5. The molecule has 2 amide bonds. The third-order valence-corrected chi connectivity index (χ3v) is 6.17. The van der Waals surface area contributed by atoms with Crippen LogP contribution < -0.4 is 10.2 Å². The van der Waals surface area contributed by atoms with E-state index in [1.54, 1.807) is 11.0 Å². The van der Waals surface area contributed by atoms with Gasteiger partial charge in [-0.3, -0.25) is 14.0 Å². The van der Waals surface area contributed by atoms with Crippen molar-refractivity contribution >= 4 is 63.1 Å². The maximum atomic E-state index is 12.4. The molecule has 3 heterocycles. The standard InChI is InChI=1S/C20H19Cl2N5O2S/c21-14-1-3-15(4-2-14)25-7-9-26(10-8-25)18(29)13-23-17(28)6-5-16-19(22)24-20-27(16)11-12-30-20/h1-6,11-12H,7-10,13H2,(H,23,28)/b6-5+. The number of carbonyl (C=O) groups is 2. The molecule has 0 saturated carbocycles. The van der Waals surface area contributed by atoms with Crippen molar-refractivity contribution in [2.75, 3.05) is 37.6 Å². The Kier molecular flexibility index (Phi) is 6.26.